The second kappa shape index (κ2) is 6.60. The molecule has 0 radical (unpaired) electrons. The van der Waals surface area contributed by atoms with E-state index in [9.17, 15) is 24.4 Å². The topological polar surface area (TPSA) is 124 Å². The molecule has 0 spiro atoms. The van der Waals surface area contributed by atoms with Gasteiger partial charge in [-0.05, 0) is 12.0 Å². The number of carboxylic acids is 2. The van der Waals surface area contributed by atoms with Crippen molar-refractivity contribution < 1.29 is 29.5 Å². The first-order valence-electron chi connectivity index (χ1n) is 6.81. The number of aliphatic hydroxyl groups is 1. The van der Waals surface area contributed by atoms with Gasteiger partial charge < -0.3 is 25.2 Å². The third-order valence-electron chi connectivity index (χ3n) is 3.97. The summed E-state index contributed by atoms with van der Waals surface area (Å²) in [5.74, 6) is -3.56. The van der Waals surface area contributed by atoms with E-state index < -0.39 is 37.0 Å². The maximum atomic E-state index is 12.4. The van der Waals surface area contributed by atoms with Crippen LogP contribution in [0.5, 0.6) is 0 Å². The van der Waals surface area contributed by atoms with Gasteiger partial charge in [-0.2, -0.15) is 0 Å². The molecule has 2 rings (SSSR count). The molecule has 0 amide bonds. The number of benzene rings is 1. The normalized spacial score (nSPS) is 27.2. The van der Waals surface area contributed by atoms with Crippen LogP contribution >= 0.6 is 7.80 Å². The Morgan fingerprint density at radius 3 is 2.45 bits per heavy atom. The highest BCUT2D eigenvalue weighted by atomic mass is 31.1. The molecule has 4 N–H and O–H groups in total. The molecule has 8 heteroatoms. The van der Waals surface area contributed by atoms with E-state index in [1.165, 1.54) is 0 Å². The van der Waals surface area contributed by atoms with Crippen molar-refractivity contribution in [2.75, 3.05) is 12.7 Å². The van der Waals surface area contributed by atoms with Gasteiger partial charge in [0.15, 0.2) is 0 Å². The zero-order valence-corrected chi connectivity index (χ0v) is 12.7. The first-order chi connectivity index (χ1) is 10.4. The molecule has 0 aromatic heterocycles. The lowest BCUT2D eigenvalue weighted by molar-refractivity contribution is -0.146. The van der Waals surface area contributed by atoms with E-state index in [0.29, 0.717) is 5.56 Å². The smallest absolute Gasteiger partial charge is 0.320 e. The number of hydrogen-bond donors (Lipinski definition) is 4. The van der Waals surface area contributed by atoms with Crippen molar-refractivity contribution in [2.45, 2.75) is 18.3 Å². The molecule has 4 atom stereocenters. The number of aliphatic hydroxyl groups excluding tert-OH is 1. The number of rotatable bonds is 6. The molecule has 1 aliphatic rings. The molecule has 1 aromatic carbocycles. The van der Waals surface area contributed by atoms with Crippen LogP contribution in [0.3, 0.4) is 0 Å². The van der Waals surface area contributed by atoms with Crippen LogP contribution in [0.2, 0.25) is 0 Å². The molecule has 4 unspecified atom stereocenters. The summed E-state index contributed by atoms with van der Waals surface area (Å²) in [7, 11) is -2.66. The minimum Gasteiger partial charge on any atom is -0.481 e. The summed E-state index contributed by atoms with van der Waals surface area (Å²) in [6, 6.07) is 7.40. The number of hydrogen-bond acceptors (Lipinski definition) is 5. The summed E-state index contributed by atoms with van der Waals surface area (Å²) in [5, 5.41) is 31.2. The molecule has 0 saturated carbocycles. The molecule has 120 valence electrons. The Labute approximate surface area is 127 Å². The Kier molecular flexibility index (Phi) is 5.01. The summed E-state index contributed by atoms with van der Waals surface area (Å²) < 4.78 is 12.4. The Morgan fingerprint density at radius 2 is 1.95 bits per heavy atom. The van der Waals surface area contributed by atoms with Crippen LogP contribution in [-0.2, 0) is 14.2 Å². The maximum absolute atomic E-state index is 12.4. The third kappa shape index (κ3) is 3.38. The highest BCUT2D eigenvalue weighted by Gasteiger charge is 2.49. The maximum Gasteiger partial charge on any atom is 0.320 e. The first kappa shape index (κ1) is 16.7. The Hall–Kier alpha value is -1.69. The van der Waals surface area contributed by atoms with Crippen molar-refractivity contribution in [3.63, 3.8) is 0 Å². The van der Waals surface area contributed by atoms with Gasteiger partial charge in [-0.25, -0.2) is 0 Å². The van der Waals surface area contributed by atoms with Gasteiger partial charge in [0, 0.05) is 12.7 Å². The second-order valence-electron chi connectivity index (χ2n) is 5.52. The number of nitrogens with one attached hydrogen (secondary N) is 1. The van der Waals surface area contributed by atoms with Gasteiger partial charge in [-0.1, -0.05) is 30.3 Å². The predicted molar refractivity (Wildman–Crippen MR) is 79.4 cm³/mol. The van der Waals surface area contributed by atoms with E-state index in [0.717, 1.165) is 0 Å². The van der Waals surface area contributed by atoms with E-state index in [-0.39, 0.29) is 19.1 Å². The van der Waals surface area contributed by atoms with Crippen LogP contribution in [-0.4, -0.2) is 46.0 Å². The van der Waals surface area contributed by atoms with E-state index in [1.54, 1.807) is 30.3 Å². The fraction of sp³-hybridized carbons (Fsp3) is 0.429. The summed E-state index contributed by atoms with van der Waals surface area (Å²) in [5.41, 5.74) is -0.956. The minimum absolute atomic E-state index is 0.0722. The van der Waals surface area contributed by atoms with Crippen molar-refractivity contribution in [1.29, 1.82) is 0 Å². The Bertz CT molecular complexity index is 592. The van der Waals surface area contributed by atoms with Gasteiger partial charge in [0.25, 0.3) is 0 Å². The summed E-state index contributed by atoms with van der Waals surface area (Å²) in [6.07, 6.45) is -0.380. The molecule has 0 bridgehead atoms. The fourth-order valence-corrected chi connectivity index (χ4v) is 4.50. The van der Waals surface area contributed by atoms with Crippen LogP contribution in [0.25, 0.3) is 0 Å². The van der Waals surface area contributed by atoms with Gasteiger partial charge in [0.1, 0.15) is 19.7 Å². The quantitative estimate of drug-likeness (QED) is 0.568. The highest BCUT2D eigenvalue weighted by molar-refractivity contribution is 7.45. The van der Waals surface area contributed by atoms with E-state index in [4.69, 9.17) is 5.11 Å². The van der Waals surface area contributed by atoms with Gasteiger partial charge in [-0.15, -0.1) is 0 Å². The lowest BCUT2D eigenvalue weighted by Gasteiger charge is -2.24. The minimum atomic E-state index is -2.66. The van der Waals surface area contributed by atoms with Crippen LogP contribution < -0.4 is 5.32 Å². The molecular formula is C14H18NO6P. The molecule has 1 heterocycles. The summed E-state index contributed by atoms with van der Waals surface area (Å²) >= 11 is 0. The molecule has 0 aliphatic carbocycles. The average Bonchev–Trinajstić information content (AvgIpc) is 2.93. The largest absolute Gasteiger partial charge is 0.481 e. The Balaban J connectivity index is 2.14. The van der Waals surface area contributed by atoms with Crippen LogP contribution in [0.15, 0.2) is 30.3 Å². The van der Waals surface area contributed by atoms with Gasteiger partial charge in [0.2, 0.25) is 0 Å². The molecule has 1 aromatic rings. The van der Waals surface area contributed by atoms with Crippen LogP contribution in [0.1, 0.15) is 17.8 Å². The molecular weight excluding hydrogens is 309 g/mol. The molecule has 22 heavy (non-hydrogen) atoms. The van der Waals surface area contributed by atoms with Crippen molar-refractivity contribution >= 4 is 19.7 Å². The van der Waals surface area contributed by atoms with Gasteiger partial charge in [0.05, 0.1) is 5.41 Å². The predicted octanol–water partition coefficient (Wildman–Crippen LogP) is 0.755. The van der Waals surface area contributed by atoms with Crippen LogP contribution in [0.4, 0.5) is 0 Å². The molecule has 1 saturated heterocycles. The zero-order valence-electron chi connectivity index (χ0n) is 11.7. The van der Waals surface area contributed by atoms with Crippen molar-refractivity contribution in [3.8, 4) is 0 Å². The second-order valence-corrected chi connectivity index (χ2v) is 7.35. The van der Waals surface area contributed by atoms with Gasteiger partial charge in [-0.3, -0.25) is 9.59 Å². The Morgan fingerprint density at radius 1 is 1.32 bits per heavy atom. The monoisotopic (exact) mass is 327 g/mol. The average molecular weight is 327 g/mol. The lowest BCUT2D eigenvalue weighted by Crippen LogP contribution is -2.36. The van der Waals surface area contributed by atoms with Crippen molar-refractivity contribution in [2.24, 2.45) is 5.41 Å². The fourth-order valence-electron chi connectivity index (χ4n) is 2.65. The van der Waals surface area contributed by atoms with Crippen molar-refractivity contribution in [3.05, 3.63) is 35.9 Å². The van der Waals surface area contributed by atoms with Crippen LogP contribution in [0, 0.1) is 5.41 Å². The summed E-state index contributed by atoms with van der Waals surface area (Å²) in [4.78, 5) is 22.5. The SMILES string of the molecule is O=C(O)C1CC(C[PH](=O)C(O)c2ccccc2)(C(=O)O)CN1. The number of carboxylic acid groups (broad SMARTS) is 2. The lowest BCUT2D eigenvalue weighted by atomic mass is 9.88. The standard InChI is InChI=1S/C14H18NO6P/c16-11(17)10-6-14(7-15-10,13(19)20)8-22(21)12(18)9-4-2-1-3-5-9/h1-5,10,12,15,18,22H,6-8H2,(H,16,17)(H,19,20). The molecule has 1 fully saturated rings. The molecule has 7 nitrogen and oxygen atoms in total. The highest BCUT2D eigenvalue weighted by Crippen LogP contribution is 2.46. The first-order valence-corrected chi connectivity index (χ1v) is 8.50. The van der Waals surface area contributed by atoms with E-state index in [1.807, 2.05) is 0 Å². The van der Waals surface area contributed by atoms with E-state index >= 15 is 0 Å². The van der Waals surface area contributed by atoms with E-state index in [2.05, 4.69) is 5.32 Å². The number of carbonyl (C=O) groups is 2. The molecule has 1 aliphatic heterocycles. The summed E-state index contributed by atoms with van der Waals surface area (Å²) in [6.45, 7) is -0.0722. The zero-order chi connectivity index (χ0) is 16.3. The third-order valence-corrected chi connectivity index (χ3v) is 5.93. The number of aliphatic carboxylic acids is 2. The van der Waals surface area contributed by atoms with Crippen molar-refractivity contribution in [1.82, 2.24) is 5.32 Å². The van der Waals surface area contributed by atoms with Gasteiger partial charge >= 0.3 is 11.9 Å².